The van der Waals surface area contributed by atoms with Gasteiger partial charge in [0.25, 0.3) is 11.8 Å². The molecule has 2 heterocycles. The normalized spacial score (nSPS) is 14.1. The van der Waals surface area contributed by atoms with Gasteiger partial charge in [-0.1, -0.05) is 24.3 Å². The van der Waals surface area contributed by atoms with E-state index in [1.165, 1.54) is 4.90 Å². The molecule has 0 aromatic heterocycles. The highest BCUT2D eigenvalue weighted by atomic mass is 79.9. The summed E-state index contributed by atoms with van der Waals surface area (Å²) in [7, 11) is 0. The van der Waals surface area contributed by atoms with Crippen LogP contribution in [0.1, 0.15) is 50.3 Å². The molecule has 3 aromatic carbocycles. The summed E-state index contributed by atoms with van der Waals surface area (Å²) in [5, 5.41) is 22.0. The molecule has 5 N–H and O–H groups in total. The number of halogens is 2. The van der Waals surface area contributed by atoms with E-state index in [2.05, 4.69) is 42.5 Å². The molecular formula is C37H48Br2N8O5. The Kier molecular flexibility index (Phi) is 13.8. The second kappa shape index (κ2) is 17.8. The van der Waals surface area contributed by atoms with Crippen LogP contribution in [0.5, 0.6) is 0 Å². The summed E-state index contributed by atoms with van der Waals surface area (Å²) in [6.07, 6.45) is 0.655. The molecule has 0 aliphatic carbocycles. The van der Waals surface area contributed by atoms with Crippen LogP contribution in [0.2, 0.25) is 0 Å². The number of hydrogen-bond donors (Lipinski definition) is 4. The fourth-order valence-electron chi connectivity index (χ4n) is 5.82. The average Bonchev–Trinajstić information content (AvgIpc) is 3.76. The van der Waals surface area contributed by atoms with Gasteiger partial charge in [0.05, 0.1) is 11.4 Å². The van der Waals surface area contributed by atoms with Gasteiger partial charge in [-0.3, -0.25) is 34.5 Å². The minimum atomic E-state index is -1.09. The molecule has 15 heteroatoms. The van der Waals surface area contributed by atoms with E-state index in [9.17, 15) is 24.3 Å². The van der Waals surface area contributed by atoms with Crippen molar-refractivity contribution in [3.8, 4) is 0 Å². The molecule has 2 aliphatic rings. The minimum Gasteiger partial charge on any atom is -0.465 e. The van der Waals surface area contributed by atoms with Crippen molar-refractivity contribution in [2.24, 2.45) is 0 Å². The topological polar surface area (TPSA) is 155 Å². The summed E-state index contributed by atoms with van der Waals surface area (Å²) in [5.41, 5.74) is 10.8. The van der Waals surface area contributed by atoms with E-state index in [0.717, 1.165) is 62.9 Å². The number of nitrogens with one attached hydrogen (secondary N) is 2. The number of hydrazine groups is 2. The summed E-state index contributed by atoms with van der Waals surface area (Å²) >= 11 is 7.13. The highest BCUT2D eigenvalue weighted by Crippen LogP contribution is 2.32. The van der Waals surface area contributed by atoms with Crippen LogP contribution in [-0.2, 0) is 16.1 Å². The third kappa shape index (κ3) is 10.8. The van der Waals surface area contributed by atoms with E-state index < -0.39 is 11.6 Å². The van der Waals surface area contributed by atoms with Gasteiger partial charge in [-0.05, 0) is 132 Å². The van der Waals surface area contributed by atoms with E-state index in [1.807, 2.05) is 72.4 Å². The van der Waals surface area contributed by atoms with Crippen molar-refractivity contribution in [3.63, 3.8) is 0 Å². The van der Waals surface area contributed by atoms with E-state index >= 15 is 0 Å². The molecule has 0 atom stereocenters. The number of benzene rings is 3. The molecule has 0 spiro atoms. The van der Waals surface area contributed by atoms with Crippen LogP contribution in [0.4, 0.5) is 26.7 Å². The van der Waals surface area contributed by atoms with Gasteiger partial charge >= 0.3 is 12.1 Å². The number of hydrogen-bond acceptors (Lipinski definition) is 7. The molecule has 13 nitrogen and oxygen atoms in total. The Hall–Kier alpha value is -4.50. The van der Waals surface area contributed by atoms with Crippen molar-refractivity contribution in [1.29, 1.82) is 0 Å². The number of carboxylic acid groups (broad SMARTS) is 1. The molecule has 0 saturated carbocycles. The van der Waals surface area contributed by atoms with Crippen molar-refractivity contribution < 1.29 is 24.3 Å². The Labute approximate surface area is 322 Å². The van der Waals surface area contributed by atoms with Crippen LogP contribution in [-0.4, -0.2) is 88.8 Å². The van der Waals surface area contributed by atoms with Crippen LogP contribution in [0.25, 0.3) is 0 Å². The summed E-state index contributed by atoms with van der Waals surface area (Å²) in [4.78, 5) is 50.0. The lowest BCUT2D eigenvalue weighted by molar-refractivity contribution is -0.132. The van der Waals surface area contributed by atoms with E-state index in [0.29, 0.717) is 25.3 Å². The van der Waals surface area contributed by atoms with E-state index in [-0.39, 0.29) is 30.9 Å². The first-order chi connectivity index (χ1) is 24.5. The number of nitrogen functional groups attached to an aromatic ring is 1. The first-order valence-corrected chi connectivity index (χ1v) is 18.7. The molecule has 5 amide bonds. The lowest BCUT2D eigenvalue weighted by atomic mass is 10.1. The standard InChI is InChI=1S/C20H24BrN5O2.C17H24BrN3O3/c1-14-3-8-18(17(21)11-14)25-9-2-10-26(25)19(27)13-24-20(28)23-12-15-4-6-16(22)7-5-15;1-12-6-7-14(13(18)10-12)20-8-5-9-21(20)15(22)11-19(16(23)24)17(2,3)4/h3-8,11H,2,9-10,12-13,22H2,1H3,(H2,23,24,28);6-7,10H,5,8-9,11H2,1-4H3,(H,23,24). The van der Waals surface area contributed by atoms with Gasteiger partial charge in [-0.25, -0.2) is 9.59 Å². The Balaban J connectivity index is 0.000000236. The number of rotatable bonds is 8. The number of anilines is 3. The van der Waals surface area contributed by atoms with Crippen LogP contribution >= 0.6 is 31.9 Å². The SMILES string of the molecule is Cc1ccc(N2CCCN2C(=O)CN(C(=O)O)C(C)(C)C)c(Br)c1.Cc1ccc(N2CCCN2C(=O)CNC(=O)NCc2ccc(N)cc2)c(Br)c1. The van der Waals surface area contributed by atoms with Gasteiger partial charge in [-0.2, -0.15) is 0 Å². The molecule has 3 aromatic rings. The second-order valence-corrected chi connectivity index (χ2v) is 15.4. The summed E-state index contributed by atoms with van der Waals surface area (Å²) in [6, 6.07) is 18.9. The molecule has 0 unspecified atom stereocenters. The fraction of sp³-hybridized carbons (Fsp3) is 0.405. The maximum atomic E-state index is 12.7. The lowest BCUT2D eigenvalue weighted by Crippen LogP contribution is -2.52. The Morgan fingerprint density at radius 1 is 0.769 bits per heavy atom. The minimum absolute atomic E-state index is 0.0620. The summed E-state index contributed by atoms with van der Waals surface area (Å²) in [5.74, 6) is -0.357. The molecular weight excluding hydrogens is 796 g/mol. The zero-order valence-corrected chi connectivity index (χ0v) is 33.5. The van der Waals surface area contributed by atoms with Crippen LogP contribution in [0, 0.1) is 13.8 Å². The Morgan fingerprint density at radius 2 is 1.27 bits per heavy atom. The average molecular weight is 845 g/mol. The number of nitrogens with zero attached hydrogens (tertiary/aromatic N) is 5. The van der Waals surface area contributed by atoms with Crippen molar-refractivity contribution in [2.45, 2.75) is 59.5 Å². The van der Waals surface area contributed by atoms with Crippen molar-refractivity contribution in [2.75, 3.05) is 55.0 Å². The number of carbonyl (C=O) groups is 4. The molecule has 5 rings (SSSR count). The van der Waals surface area contributed by atoms with Gasteiger partial charge < -0.3 is 21.5 Å². The maximum absolute atomic E-state index is 12.7. The van der Waals surface area contributed by atoms with E-state index in [1.54, 1.807) is 42.9 Å². The highest BCUT2D eigenvalue weighted by Gasteiger charge is 2.34. The monoisotopic (exact) mass is 842 g/mol. The van der Waals surface area contributed by atoms with Gasteiger partial charge in [-0.15, -0.1) is 0 Å². The van der Waals surface area contributed by atoms with Crippen molar-refractivity contribution in [3.05, 3.63) is 86.3 Å². The lowest BCUT2D eigenvalue weighted by Gasteiger charge is -2.36. The summed E-state index contributed by atoms with van der Waals surface area (Å²) in [6.45, 7) is 12.3. The maximum Gasteiger partial charge on any atom is 0.408 e. The van der Waals surface area contributed by atoms with Crippen molar-refractivity contribution >= 4 is 72.9 Å². The van der Waals surface area contributed by atoms with E-state index in [4.69, 9.17) is 5.73 Å². The van der Waals surface area contributed by atoms with Gasteiger partial charge in [0.1, 0.15) is 13.1 Å². The Bertz CT molecular complexity index is 1750. The van der Waals surface area contributed by atoms with Gasteiger partial charge in [0.2, 0.25) is 0 Å². The number of carbonyl (C=O) groups excluding carboxylic acids is 3. The highest BCUT2D eigenvalue weighted by molar-refractivity contribution is 9.11. The Morgan fingerprint density at radius 3 is 1.73 bits per heavy atom. The molecule has 2 saturated heterocycles. The quantitative estimate of drug-likeness (QED) is 0.193. The zero-order valence-electron chi connectivity index (χ0n) is 30.3. The van der Waals surface area contributed by atoms with Gasteiger partial charge in [0.15, 0.2) is 0 Å². The van der Waals surface area contributed by atoms with Crippen LogP contribution < -0.4 is 26.4 Å². The summed E-state index contributed by atoms with van der Waals surface area (Å²) < 4.78 is 1.87. The first-order valence-electron chi connectivity index (χ1n) is 17.1. The predicted octanol–water partition coefficient (Wildman–Crippen LogP) is 6.28. The smallest absolute Gasteiger partial charge is 0.408 e. The number of urea groups is 1. The molecule has 280 valence electrons. The predicted molar refractivity (Wildman–Crippen MR) is 211 cm³/mol. The third-order valence-electron chi connectivity index (χ3n) is 8.57. The van der Waals surface area contributed by atoms with Crippen molar-refractivity contribution in [1.82, 2.24) is 25.6 Å². The fourth-order valence-corrected chi connectivity index (χ4v) is 7.22. The molecule has 52 heavy (non-hydrogen) atoms. The largest absolute Gasteiger partial charge is 0.465 e. The molecule has 2 fully saturated rings. The van der Waals surface area contributed by atoms with Crippen LogP contribution in [0.15, 0.2) is 69.6 Å². The number of amides is 5. The van der Waals surface area contributed by atoms with Crippen LogP contribution in [0.3, 0.4) is 0 Å². The van der Waals surface area contributed by atoms with Gasteiger partial charge in [0, 0.05) is 52.9 Å². The first kappa shape index (κ1) is 40.3. The third-order valence-corrected chi connectivity index (χ3v) is 9.84. The second-order valence-electron chi connectivity index (χ2n) is 13.7. The molecule has 2 aliphatic heterocycles. The number of aryl methyl sites for hydroxylation is 2. The molecule has 0 radical (unpaired) electrons. The molecule has 0 bridgehead atoms. The number of nitrogens with two attached hydrogens (primary N) is 1. The zero-order chi connectivity index (χ0) is 38.2.